The minimum Gasteiger partial charge on any atom is -0.399 e. The van der Waals surface area contributed by atoms with E-state index in [1.54, 1.807) is 25.1 Å². The van der Waals surface area contributed by atoms with Gasteiger partial charge < -0.3 is 16.8 Å². The number of hydrogen-bond donors (Lipinski definition) is 3. The highest BCUT2D eigenvalue weighted by Crippen LogP contribution is 2.53. The van der Waals surface area contributed by atoms with E-state index in [-0.39, 0.29) is 12.2 Å². The topological polar surface area (TPSA) is 64.1 Å². The Hall–Kier alpha value is -2.65. The van der Waals surface area contributed by atoms with Crippen LogP contribution in [0.1, 0.15) is 16.7 Å². The van der Waals surface area contributed by atoms with Crippen molar-refractivity contribution in [2.24, 2.45) is 0 Å². The van der Waals surface area contributed by atoms with Gasteiger partial charge in [0.2, 0.25) is 0 Å². The molecule has 0 fully saturated rings. The van der Waals surface area contributed by atoms with Crippen LogP contribution in [-0.4, -0.2) is 12.4 Å². The molecule has 0 unspecified atom stereocenters. The summed E-state index contributed by atoms with van der Waals surface area (Å²) in [6.07, 6.45) is -12.4. The van der Waals surface area contributed by atoms with Crippen LogP contribution in [0.3, 0.4) is 0 Å². The summed E-state index contributed by atoms with van der Waals surface area (Å²) in [5.74, 6) is 0. The fraction of sp³-hybridized carbons (Fsp3) is 0.294. The lowest BCUT2D eigenvalue weighted by Gasteiger charge is -2.30. The summed E-state index contributed by atoms with van der Waals surface area (Å²) >= 11 is 0. The Labute approximate surface area is 150 Å². The van der Waals surface area contributed by atoms with E-state index in [4.69, 9.17) is 11.5 Å². The molecule has 148 valence electrons. The lowest BCUT2D eigenvalue weighted by atomic mass is 9.93. The number of nitrogen functional groups attached to an aromatic ring is 2. The number of nitrogens with two attached hydrogens (primary N) is 2. The summed E-state index contributed by atoms with van der Waals surface area (Å²) in [6.45, 7) is 1.96. The summed E-state index contributed by atoms with van der Waals surface area (Å²) in [5.41, 5.74) is 5.84. The second kappa shape index (κ2) is 6.82. The smallest absolute Gasteiger partial charge is 0.399 e. The average Bonchev–Trinajstić information content (AvgIpc) is 2.54. The highest BCUT2D eigenvalue weighted by molar-refractivity contribution is 5.68. The minimum atomic E-state index is -6.19. The van der Waals surface area contributed by atoms with Crippen LogP contribution in [0.25, 0.3) is 0 Å². The van der Waals surface area contributed by atoms with E-state index in [2.05, 4.69) is 5.32 Å². The van der Waals surface area contributed by atoms with Crippen molar-refractivity contribution in [1.82, 2.24) is 0 Å². The summed E-state index contributed by atoms with van der Waals surface area (Å²) in [5, 5.41) is 2.78. The summed E-state index contributed by atoms with van der Waals surface area (Å²) in [7, 11) is 0. The van der Waals surface area contributed by atoms with Gasteiger partial charge in [-0.2, -0.15) is 26.3 Å². The van der Waals surface area contributed by atoms with E-state index in [0.717, 1.165) is 17.2 Å². The fourth-order valence-electron chi connectivity index (χ4n) is 2.47. The van der Waals surface area contributed by atoms with Crippen molar-refractivity contribution in [2.75, 3.05) is 16.8 Å². The standard InChI is InChI=1S/C17H16F7N3/c1-9-6-10(2-4-12(9)25)8-27-14-5-3-11(7-13(14)26)15(18,16(19,20)21)17(22,23)24/h2-7,27H,8,25-26H2,1H3. The Balaban J connectivity index is 2.30. The van der Waals surface area contributed by atoms with Crippen molar-refractivity contribution in [3.8, 4) is 0 Å². The van der Waals surface area contributed by atoms with Gasteiger partial charge in [0.05, 0.1) is 11.4 Å². The molecule has 0 saturated heterocycles. The van der Waals surface area contributed by atoms with Gasteiger partial charge in [0.15, 0.2) is 0 Å². The SMILES string of the molecule is Cc1cc(CNc2ccc(C(F)(C(F)(F)F)C(F)(F)F)cc2N)ccc1N. The van der Waals surface area contributed by atoms with E-state index in [0.29, 0.717) is 17.8 Å². The van der Waals surface area contributed by atoms with E-state index in [1.807, 2.05) is 0 Å². The van der Waals surface area contributed by atoms with Crippen LogP contribution in [0.2, 0.25) is 0 Å². The first kappa shape index (κ1) is 20.7. The van der Waals surface area contributed by atoms with Crippen LogP contribution in [0.4, 0.5) is 47.8 Å². The van der Waals surface area contributed by atoms with Gasteiger partial charge >= 0.3 is 18.0 Å². The highest BCUT2D eigenvalue weighted by Gasteiger charge is 2.73. The van der Waals surface area contributed by atoms with Gasteiger partial charge in [0, 0.05) is 17.8 Å². The van der Waals surface area contributed by atoms with E-state index in [1.165, 1.54) is 0 Å². The predicted octanol–water partition coefficient (Wildman–Crippen LogP) is 5.06. The number of halogens is 7. The second-order valence-electron chi connectivity index (χ2n) is 6.00. The molecule has 2 aromatic rings. The molecule has 0 heterocycles. The zero-order valence-electron chi connectivity index (χ0n) is 14.0. The molecule has 0 aliphatic heterocycles. The predicted molar refractivity (Wildman–Crippen MR) is 88.7 cm³/mol. The van der Waals surface area contributed by atoms with Gasteiger partial charge in [-0.05, 0) is 36.2 Å². The lowest BCUT2D eigenvalue weighted by molar-refractivity contribution is -0.348. The van der Waals surface area contributed by atoms with E-state index in [9.17, 15) is 30.7 Å². The fourth-order valence-corrected chi connectivity index (χ4v) is 2.47. The van der Waals surface area contributed by atoms with E-state index >= 15 is 0 Å². The van der Waals surface area contributed by atoms with Gasteiger partial charge in [-0.15, -0.1) is 0 Å². The Morgan fingerprint density at radius 2 is 1.41 bits per heavy atom. The molecular weight excluding hydrogens is 379 g/mol. The Bertz CT molecular complexity index is 814. The monoisotopic (exact) mass is 395 g/mol. The molecular formula is C17H16F7N3. The Morgan fingerprint density at radius 3 is 1.89 bits per heavy atom. The normalized spacial score (nSPS) is 12.9. The largest absolute Gasteiger partial charge is 0.435 e. The molecule has 0 spiro atoms. The molecule has 0 bridgehead atoms. The first-order valence-corrected chi connectivity index (χ1v) is 7.58. The zero-order valence-corrected chi connectivity index (χ0v) is 14.0. The van der Waals surface area contributed by atoms with Gasteiger partial charge in [0.25, 0.3) is 0 Å². The zero-order chi connectivity index (χ0) is 20.6. The number of rotatable bonds is 4. The molecule has 0 saturated carbocycles. The molecule has 0 radical (unpaired) electrons. The molecule has 0 atom stereocenters. The minimum absolute atomic E-state index is 0.0694. The van der Waals surface area contributed by atoms with Gasteiger partial charge in [-0.3, -0.25) is 0 Å². The van der Waals surface area contributed by atoms with Crippen molar-refractivity contribution < 1.29 is 30.7 Å². The van der Waals surface area contributed by atoms with E-state index < -0.39 is 29.3 Å². The lowest BCUT2D eigenvalue weighted by Crippen LogP contribution is -2.50. The third kappa shape index (κ3) is 3.88. The number of hydrogen-bond acceptors (Lipinski definition) is 3. The maximum absolute atomic E-state index is 14.0. The summed E-state index contributed by atoms with van der Waals surface area (Å²) < 4.78 is 90.8. The third-order valence-electron chi connectivity index (χ3n) is 4.05. The molecule has 5 N–H and O–H groups in total. The molecule has 2 rings (SSSR count). The average molecular weight is 395 g/mol. The Morgan fingerprint density at radius 1 is 0.815 bits per heavy atom. The first-order valence-electron chi connectivity index (χ1n) is 7.58. The van der Waals surface area contributed by atoms with Crippen LogP contribution in [0.15, 0.2) is 36.4 Å². The molecule has 2 aromatic carbocycles. The maximum Gasteiger partial charge on any atom is 0.435 e. The summed E-state index contributed by atoms with van der Waals surface area (Å²) in [6, 6.07) is 6.72. The van der Waals surface area contributed by atoms with Crippen LogP contribution < -0.4 is 16.8 Å². The molecule has 0 aliphatic rings. The number of anilines is 3. The molecule has 27 heavy (non-hydrogen) atoms. The first-order chi connectivity index (χ1) is 12.3. The molecule has 0 aromatic heterocycles. The molecule has 3 nitrogen and oxygen atoms in total. The highest BCUT2D eigenvalue weighted by atomic mass is 19.4. The summed E-state index contributed by atoms with van der Waals surface area (Å²) in [4.78, 5) is 0. The van der Waals surface area contributed by atoms with Crippen molar-refractivity contribution >= 4 is 17.1 Å². The van der Waals surface area contributed by atoms with Crippen LogP contribution in [0.5, 0.6) is 0 Å². The molecule has 0 aliphatic carbocycles. The van der Waals surface area contributed by atoms with Gasteiger partial charge in [-0.25, -0.2) is 4.39 Å². The van der Waals surface area contributed by atoms with Gasteiger partial charge in [0.1, 0.15) is 0 Å². The number of benzene rings is 2. The van der Waals surface area contributed by atoms with Crippen LogP contribution >= 0.6 is 0 Å². The maximum atomic E-state index is 14.0. The van der Waals surface area contributed by atoms with Gasteiger partial charge in [-0.1, -0.05) is 18.2 Å². The third-order valence-corrected chi connectivity index (χ3v) is 4.05. The number of alkyl halides is 7. The van der Waals surface area contributed by atoms with Crippen molar-refractivity contribution in [2.45, 2.75) is 31.5 Å². The number of aryl methyl sites for hydroxylation is 1. The number of nitrogens with one attached hydrogen (secondary N) is 1. The van der Waals surface area contributed by atoms with Crippen LogP contribution in [0, 0.1) is 6.92 Å². The molecule has 0 amide bonds. The molecule has 10 heteroatoms. The second-order valence-corrected chi connectivity index (χ2v) is 6.00. The Kier molecular flexibility index (Phi) is 5.22. The quantitative estimate of drug-likeness (QED) is 0.501. The van der Waals surface area contributed by atoms with Crippen molar-refractivity contribution in [1.29, 1.82) is 0 Å². The van der Waals surface area contributed by atoms with Crippen LogP contribution in [-0.2, 0) is 12.2 Å². The van der Waals surface area contributed by atoms with Crippen molar-refractivity contribution in [3.63, 3.8) is 0 Å². The van der Waals surface area contributed by atoms with Crippen molar-refractivity contribution in [3.05, 3.63) is 53.1 Å².